The van der Waals surface area contributed by atoms with E-state index in [1.165, 1.54) is 19.2 Å². The van der Waals surface area contributed by atoms with E-state index in [-0.39, 0.29) is 27.7 Å². The van der Waals surface area contributed by atoms with Gasteiger partial charge < -0.3 is 15.8 Å². The average Bonchev–Trinajstić information content (AvgIpc) is 2.89. The van der Waals surface area contributed by atoms with Crippen LogP contribution in [0.3, 0.4) is 0 Å². The standard InChI is InChI=1S/C27H29ClN6O3S/c1-16-13-23-17(15-30-27(32-23)31-19-9-7-18(29)8-10-19)14-21(16)20-11-12-25(33-26(20)37-2)34-38(35,36)24-6-4-3-5-22(24)28/h3-6,11-15,18-19H,7-10,29H2,1-2H3,(H,33,34)(H,30,31,32). The summed E-state index contributed by atoms with van der Waals surface area (Å²) in [5.41, 5.74) is 9.41. The molecule has 0 radical (unpaired) electrons. The minimum absolute atomic E-state index is 0.0298. The van der Waals surface area contributed by atoms with Gasteiger partial charge in [-0.3, -0.25) is 4.72 Å². The van der Waals surface area contributed by atoms with Crippen molar-refractivity contribution >= 4 is 44.3 Å². The van der Waals surface area contributed by atoms with Crippen molar-refractivity contribution in [1.29, 1.82) is 0 Å². The number of hydrogen-bond acceptors (Lipinski definition) is 8. The van der Waals surface area contributed by atoms with Gasteiger partial charge in [0.15, 0.2) is 0 Å². The second-order valence-electron chi connectivity index (χ2n) is 9.46. The molecule has 0 saturated heterocycles. The first-order valence-corrected chi connectivity index (χ1v) is 14.2. The van der Waals surface area contributed by atoms with Crippen molar-refractivity contribution in [1.82, 2.24) is 15.0 Å². The van der Waals surface area contributed by atoms with Gasteiger partial charge in [0.05, 0.1) is 17.6 Å². The molecule has 0 atom stereocenters. The number of aryl methyl sites for hydroxylation is 1. The number of rotatable bonds is 7. The van der Waals surface area contributed by atoms with E-state index in [2.05, 4.69) is 20.0 Å². The van der Waals surface area contributed by atoms with Gasteiger partial charge in [0.2, 0.25) is 11.8 Å². The third kappa shape index (κ3) is 5.52. The number of nitrogens with zero attached hydrogens (tertiary/aromatic N) is 3. The Morgan fingerprint density at radius 3 is 2.53 bits per heavy atom. The van der Waals surface area contributed by atoms with Gasteiger partial charge in [-0.1, -0.05) is 23.7 Å². The van der Waals surface area contributed by atoms with Crippen LogP contribution < -0.4 is 20.5 Å². The molecule has 1 aliphatic rings. The average molecular weight is 553 g/mol. The van der Waals surface area contributed by atoms with Gasteiger partial charge in [-0.2, -0.15) is 4.98 Å². The highest BCUT2D eigenvalue weighted by molar-refractivity contribution is 7.92. The highest BCUT2D eigenvalue weighted by atomic mass is 35.5. The molecule has 0 spiro atoms. The van der Waals surface area contributed by atoms with Crippen LogP contribution in [0.5, 0.6) is 5.88 Å². The number of hydrogen-bond donors (Lipinski definition) is 3. The number of pyridine rings is 1. The topological polar surface area (TPSA) is 132 Å². The van der Waals surface area contributed by atoms with E-state index < -0.39 is 10.0 Å². The molecule has 2 aromatic carbocycles. The summed E-state index contributed by atoms with van der Waals surface area (Å²) in [5.74, 6) is 1.01. The van der Waals surface area contributed by atoms with Gasteiger partial charge in [-0.05, 0) is 80.1 Å². The second kappa shape index (κ2) is 10.7. The van der Waals surface area contributed by atoms with Crippen LogP contribution in [0.4, 0.5) is 11.8 Å². The van der Waals surface area contributed by atoms with Crippen molar-refractivity contribution in [2.75, 3.05) is 17.1 Å². The Balaban J connectivity index is 1.41. The molecule has 0 amide bonds. The van der Waals surface area contributed by atoms with Crippen LogP contribution in [-0.2, 0) is 10.0 Å². The number of fused-ring (bicyclic) bond motifs is 1. The van der Waals surface area contributed by atoms with E-state index in [1.807, 2.05) is 19.1 Å². The van der Waals surface area contributed by atoms with E-state index in [9.17, 15) is 8.42 Å². The van der Waals surface area contributed by atoms with Crippen molar-refractivity contribution in [2.24, 2.45) is 5.73 Å². The number of nitrogens with two attached hydrogens (primary N) is 1. The molecule has 5 rings (SSSR count). The molecule has 1 fully saturated rings. The van der Waals surface area contributed by atoms with Crippen molar-refractivity contribution in [2.45, 2.75) is 49.6 Å². The normalized spacial score (nSPS) is 17.8. The van der Waals surface area contributed by atoms with E-state index in [1.54, 1.807) is 30.5 Å². The molecule has 1 saturated carbocycles. The third-order valence-corrected chi connectivity index (χ3v) is 8.59. The predicted octanol–water partition coefficient (Wildman–Crippen LogP) is 5.14. The lowest BCUT2D eigenvalue weighted by Crippen LogP contribution is -2.33. The minimum atomic E-state index is -3.93. The maximum absolute atomic E-state index is 12.8. The fourth-order valence-corrected chi connectivity index (χ4v) is 6.22. The lowest BCUT2D eigenvalue weighted by atomic mass is 9.92. The molecule has 0 bridgehead atoms. The first-order valence-electron chi connectivity index (χ1n) is 12.4. The van der Waals surface area contributed by atoms with Crippen molar-refractivity contribution in [3.05, 3.63) is 65.3 Å². The Hall–Kier alpha value is -3.47. The summed E-state index contributed by atoms with van der Waals surface area (Å²) in [4.78, 5) is 13.6. The number of sulfonamides is 1. The quantitative estimate of drug-likeness (QED) is 0.287. The van der Waals surface area contributed by atoms with Gasteiger partial charge in [-0.15, -0.1) is 0 Å². The number of aromatic nitrogens is 3. The number of nitrogens with one attached hydrogen (secondary N) is 2. The molecule has 1 aliphatic carbocycles. The SMILES string of the molecule is COc1nc(NS(=O)(=O)c2ccccc2Cl)ccc1-c1cc2cnc(NC3CCC(N)CC3)nc2cc1C. The van der Waals surface area contributed by atoms with Crippen LogP contribution in [0.1, 0.15) is 31.2 Å². The fraction of sp³-hybridized carbons (Fsp3) is 0.296. The second-order valence-corrected chi connectivity index (χ2v) is 11.5. The number of anilines is 2. The summed E-state index contributed by atoms with van der Waals surface area (Å²) < 4.78 is 33.7. The number of benzene rings is 2. The maximum atomic E-state index is 12.8. The van der Waals surface area contributed by atoms with E-state index in [0.29, 0.717) is 17.6 Å². The van der Waals surface area contributed by atoms with Crippen LogP contribution in [0.25, 0.3) is 22.0 Å². The molecule has 4 N–H and O–H groups in total. The van der Waals surface area contributed by atoms with Crippen LogP contribution in [0.2, 0.25) is 5.02 Å². The number of ether oxygens (including phenoxy) is 1. The summed E-state index contributed by atoms with van der Waals surface area (Å²) in [5, 5.41) is 4.44. The first-order chi connectivity index (χ1) is 18.2. The Bertz CT molecular complexity index is 1590. The summed E-state index contributed by atoms with van der Waals surface area (Å²) >= 11 is 6.08. The van der Waals surface area contributed by atoms with Crippen molar-refractivity contribution in [3.8, 4) is 17.0 Å². The zero-order valence-corrected chi connectivity index (χ0v) is 22.7. The van der Waals surface area contributed by atoms with Gasteiger partial charge in [-0.25, -0.2) is 18.4 Å². The van der Waals surface area contributed by atoms with Gasteiger partial charge >= 0.3 is 0 Å². The smallest absolute Gasteiger partial charge is 0.264 e. The summed E-state index contributed by atoms with van der Waals surface area (Å²) in [6.45, 7) is 1.99. The molecule has 198 valence electrons. The predicted molar refractivity (Wildman–Crippen MR) is 150 cm³/mol. The summed E-state index contributed by atoms with van der Waals surface area (Å²) in [6, 6.07) is 14.2. The largest absolute Gasteiger partial charge is 0.480 e. The fourth-order valence-electron chi connectivity index (χ4n) is 4.70. The van der Waals surface area contributed by atoms with Gasteiger partial charge in [0, 0.05) is 29.2 Å². The lowest BCUT2D eigenvalue weighted by molar-refractivity contribution is 0.400. The van der Waals surface area contributed by atoms with Crippen molar-refractivity contribution < 1.29 is 13.2 Å². The molecular formula is C27H29ClN6O3S. The highest BCUT2D eigenvalue weighted by Crippen LogP contribution is 2.35. The van der Waals surface area contributed by atoms with E-state index in [0.717, 1.165) is 47.7 Å². The Kier molecular flexibility index (Phi) is 7.38. The molecule has 9 nitrogen and oxygen atoms in total. The van der Waals surface area contributed by atoms with E-state index >= 15 is 0 Å². The minimum Gasteiger partial charge on any atom is -0.480 e. The zero-order valence-electron chi connectivity index (χ0n) is 21.1. The molecule has 11 heteroatoms. The molecule has 2 heterocycles. The molecular weight excluding hydrogens is 524 g/mol. The summed E-state index contributed by atoms with van der Waals surface area (Å²) in [7, 11) is -2.44. The van der Waals surface area contributed by atoms with Crippen LogP contribution in [0, 0.1) is 6.92 Å². The van der Waals surface area contributed by atoms with Crippen LogP contribution in [0.15, 0.2) is 59.6 Å². The Morgan fingerprint density at radius 1 is 1.03 bits per heavy atom. The Labute approximate surface area is 226 Å². The molecule has 2 aromatic heterocycles. The molecule has 38 heavy (non-hydrogen) atoms. The molecule has 0 unspecified atom stereocenters. The first kappa shape index (κ1) is 26.1. The molecule has 0 aliphatic heterocycles. The van der Waals surface area contributed by atoms with Crippen molar-refractivity contribution in [3.63, 3.8) is 0 Å². The Morgan fingerprint density at radius 2 is 1.79 bits per heavy atom. The van der Waals surface area contributed by atoms with Gasteiger partial charge in [0.1, 0.15) is 10.7 Å². The van der Waals surface area contributed by atoms with Crippen LogP contribution >= 0.6 is 11.6 Å². The number of halogens is 1. The zero-order chi connectivity index (χ0) is 26.9. The van der Waals surface area contributed by atoms with E-state index in [4.69, 9.17) is 27.1 Å². The molecule has 4 aromatic rings. The monoisotopic (exact) mass is 552 g/mol. The maximum Gasteiger partial charge on any atom is 0.264 e. The van der Waals surface area contributed by atoms with Crippen LogP contribution in [-0.4, -0.2) is 42.6 Å². The third-order valence-electron chi connectivity index (χ3n) is 6.74. The summed E-state index contributed by atoms with van der Waals surface area (Å²) in [6.07, 6.45) is 5.83. The number of methoxy groups -OCH3 is 1. The van der Waals surface area contributed by atoms with Gasteiger partial charge in [0.25, 0.3) is 10.0 Å². The lowest BCUT2D eigenvalue weighted by Gasteiger charge is -2.26. The highest BCUT2D eigenvalue weighted by Gasteiger charge is 2.21.